The maximum absolute atomic E-state index is 12.3. The average Bonchev–Trinajstić information content (AvgIpc) is 3.06. The van der Waals surface area contributed by atoms with Crippen molar-refractivity contribution in [2.45, 2.75) is 57.3 Å². The van der Waals surface area contributed by atoms with E-state index in [-0.39, 0.29) is 12.5 Å². The van der Waals surface area contributed by atoms with E-state index in [1.165, 1.54) is 31.0 Å². The smallest absolute Gasteiger partial charge is 0.230 e. The van der Waals surface area contributed by atoms with Gasteiger partial charge < -0.3 is 19.4 Å². The van der Waals surface area contributed by atoms with E-state index in [0.29, 0.717) is 40.2 Å². The quantitative estimate of drug-likeness (QED) is 0.661. The van der Waals surface area contributed by atoms with Gasteiger partial charge >= 0.3 is 0 Å². The Kier molecular flexibility index (Phi) is 7.41. The van der Waals surface area contributed by atoms with Crippen molar-refractivity contribution in [3.63, 3.8) is 0 Å². The first kappa shape index (κ1) is 21.5. The van der Waals surface area contributed by atoms with Crippen LogP contribution in [0, 0.1) is 12.8 Å². The Morgan fingerprint density at radius 1 is 1.28 bits per heavy atom. The highest BCUT2D eigenvalue weighted by atomic mass is 32.2. The van der Waals surface area contributed by atoms with Gasteiger partial charge in [0.2, 0.25) is 5.91 Å². The van der Waals surface area contributed by atoms with Crippen molar-refractivity contribution in [2.24, 2.45) is 13.0 Å². The van der Waals surface area contributed by atoms with Crippen molar-refractivity contribution >= 4 is 17.7 Å². The number of nitrogens with one attached hydrogen (secondary N) is 1. The van der Waals surface area contributed by atoms with Crippen molar-refractivity contribution in [1.82, 2.24) is 20.1 Å². The van der Waals surface area contributed by atoms with Crippen LogP contribution in [0.25, 0.3) is 0 Å². The summed E-state index contributed by atoms with van der Waals surface area (Å²) in [6, 6.07) is 6.09. The summed E-state index contributed by atoms with van der Waals surface area (Å²) in [6.07, 6.45) is 4.73. The van der Waals surface area contributed by atoms with Gasteiger partial charge in [0.25, 0.3) is 0 Å². The Labute approximate surface area is 176 Å². The fourth-order valence-electron chi connectivity index (χ4n) is 3.54. The number of nitrogens with zero attached hydrogens (tertiary/aromatic N) is 3. The minimum atomic E-state index is 0.0546. The molecule has 0 unspecified atom stereocenters. The zero-order valence-corrected chi connectivity index (χ0v) is 18.4. The van der Waals surface area contributed by atoms with Crippen LogP contribution in [0.5, 0.6) is 11.5 Å². The van der Waals surface area contributed by atoms with Gasteiger partial charge in [0, 0.05) is 13.1 Å². The van der Waals surface area contributed by atoms with Crippen LogP contribution < -0.4 is 14.8 Å². The number of amides is 1. The maximum Gasteiger partial charge on any atom is 0.230 e. The molecule has 3 rings (SSSR count). The number of ether oxygens (including phenoxy) is 2. The topological polar surface area (TPSA) is 78.3 Å². The summed E-state index contributed by atoms with van der Waals surface area (Å²) in [6.45, 7) is 4.49. The van der Waals surface area contributed by atoms with Crippen molar-refractivity contribution < 1.29 is 14.3 Å². The molecule has 2 aromatic rings. The van der Waals surface area contributed by atoms with Gasteiger partial charge in [-0.15, -0.1) is 10.2 Å². The van der Waals surface area contributed by atoms with E-state index in [2.05, 4.69) is 22.4 Å². The molecule has 1 aliphatic rings. The van der Waals surface area contributed by atoms with Crippen LogP contribution in [0.15, 0.2) is 23.4 Å². The Hall–Kier alpha value is -2.22. The molecule has 1 N–H and O–H groups in total. The Balaban J connectivity index is 1.52. The zero-order valence-electron chi connectivity index (χ0n) is 17.6. The largest absolute Gasteiger partial charge is 0.493 e. The molecule has 0 spiro atoms. The van der Waals surface area contributed by atoms with E-state index < -0.39 is 0 Å². The summed E-state index contributed by atoms with van der Waals surface area (Å²) >= 11 is 1.39. The number of aromatic nitrogens is 3. The van der Waals surface area contributed by atoms with E-state index in [9.17, 15) is 4.79 Å². The summed E-state index contributed by atoms with van der Waals surface area (Å²) in [5, 5.41) is 12.3. The maximum atomic E-state index is 12.3. The molecule has 0 radical (unpaired) electrons. The SMILES string of the molecule is COc1cc(C)ccc1OCc1nnc(SCC(=O)N[C@H]2CCCC[C@H]2C)n1C. The summed E-state index contributed by atoms with van der Waals surface area (Å²) in [5.41, 5.74) is 1.10. The van der Waals surface area contributed by atoms with Gasteiger partial charge in [-0.3, -0.25) is 4.79 Å². The van der Waals surface area contributed by atoms with E-state index >= 15 is 0 Å². The molecule has 1 fully saturated rings. The van der Waals surface area contributed by atoms with E-state index in [1.54, 1.807) is 7.11 Å². The third-order valence-corrected chi connectivity index (χ3v) is 6.41. The predicted octanol–water partition coefficient (Wildman–Crippen LogP) is 3.50. The fourth-order valence-corrected chi connectivity index (χ4v) is 4.28. The number of aryl methyl sites for hydroxylation is 1. The molecule has 2 atom stereocenters. The lowest BCUT2D eigenvalue weighted by Gasteiger charge is -2.29. The van der Waals surface area contributed by atoms with Gasteiger partial charge in [0.05, 0.1) is 12.9 Å². The molecule has 7 nitrogen and oxygen atoms in total. The number of hydrogen-bond acceptors (Lipinski definition) is 6. The van der Waals surface area contributed by atoms with Gasteiger partial charge in [0.1, 0.15) is 6.61 Å². The number of hydrogen-bond donors (Lipinski definition) is 1. The summed E-state index contributed by atoms with van der Waals surface area (Å²) in [7, 11) is 3.51. The third kappa shape index (κ3) is 5.65. The Morgan fingerprint density at radius 2 is 2.07 bits per heavy atom. The molecule has 1 aromatic carbocycles. The second kappa shape index (κ2) is 10.0. The minimum absolute atomic E-state index is 0.0546. The first-order chi connectivity index (χ1) is 14.0. The van der Waals surface area contributed by atoms with Crippen LogP contribution in [0.4, 0.5) is 0 Å². The van der Waals surface area contributed by atoms with Gasteiger partial charge in [-0.2, -0.15) is 0 Å². The average molecular weight is 419 g/mol. The Morgan fingerprint density at radius 3 is 2.83 bits per heavy atom. The molecule has 1 heterocycles. The highest BCUT2D eigenvalue weighted by Crippen LogP contribution is 2.28. The van der Waals surface area contributed by atoms with Crippen molar-refractivity contribution in [1.29, 1.82) is 0 Å². The normalized spacial score (nSPS) is 19.0. The minimum Gasteiger partial charge on any atom is -0.493 e. The monoisotopic (exact) mass is 418 g/mol. The number of thioether (sulfide) groups is 1. The molecule has 8 heteroatoms. The lowest BCUT2D eigenvalue weighted by atomic mass is 9.86. The first-order valence-electron chi connectivity index (χ1n) is 10.1. The van der Waals surface area contributed by atoms with Crippen LogP contribution in [-0.2, 0) is 18.4 Å². The molecule has 1 aromatic heterocycles. The van der Waals surface area contributed by atoms with E-state index in [0.717, 1.165) is 12.0 Å². The number of rotatable bonds is 8. The van der Waals surface area contributed by atoms with E-state index in [1.807, 2.05) is 36.7 Å². The molecule has 1 saturated carbocycles. The van der Waals surface area contributed by atoms with E-state index in [4.69, 9.17) is 9.47 Å². The summed E-state index contributed by atoms with van der Waals surface area (Å²) in [5.74, 6) is 2.99. The second-order valence-electron chi connectivity index (χ2n) is 7.63. The molecular formula is C21H30N4O3S. The fraction of sp³-hybridized carbons (Fsp3) is 0.571. The molecular weight excluding hydrogens is 388 g/mol. The summed E-state index contributed by atoms with van der Waals surface area (Å²) in [4.78, 5) is 12.3. The lowest BCUT2D eigenvalue weighted by Crippen LogP contribution is -2.41. The second-order valence-corrected chi connectivity index (χ2v) is 8.57. The van der Waals surface area contributed by atoms with Crippen LogP contribution in [0.3, 0.4) is 0 Å². The predicted molar refractivity (Wildman–Crippen MR) is 113 cm³/mol. The number of carbonyl (C=O) groups excluding carboxylic acids is 1. The molecule has 0 aliphatic heterocycles. The van der Waals surface area contributed by atoms with Crippen molar-refractivity contribution in [2.75, 3.05) is 12.9 Å². The first-order valence-corrected chi connectivity index (χ1v) is 11.0. The zero-order chi connectivity index (χ0) is 20.8. The standard InChI is InChI=1S/C21H30N4O3S/c1-14-9-10-17(18(11-14)27-4)28-12-19-23-24-21(25(19)3)29-13-20(26)22-16-8-6-5-7-15(16)2/h9-11,15-16H,5-8,12-13H2,1-4H3,(H,22,26)/t15-,16+/m1/s1. The molecule has 1 amide bonds. The van der Waals surface area contributed by atoms with Crippen LogP contribution in [0.1, 0.15) is 44.0 Å². The molecule has 29 heavy (non-hydrogen) atoms. The lowest BCUT2D eigenvalue weighted by molar-refractivity contribution is -0.119. The van der Waals surface area contributed by atoms with Crippen molar-refractivity contribution in [3.8, 4) is 11.5 Å². The van der Waals surface area contributed by atoms with Crippen LogP contribution in [0.2, 0.25) is 0 Å². The molecule has 0 bridgehead atoms. The highest BCUT2D eigenvalue weighted by molar-refractivity contribution is 7.99. The number of carbonyl (C=O) groups is 1. The third-order valence-electron chi connectivity index (χ3n) is 5.39. The van der Waals surface area contributed by atoms with Crippen LogP contribution >= 0.6 is 11.8 Å². The van der Waals surface area contributed by atoms with Gasteiger partial charge in [-0.05, 0) is 43.4 Å². The molecule has 1 aliphatic carbocycles. The summed E-state index contributed by atoms with van der Waals surface area (Å²) < 4.78 is 13.1. The van der Waals surface area contributed by atoms with Crippen molar-refractivity contribution in [3.05, 3.63) is 29.6 Å². The molecule has 158 valence electrons. The number of benzene rings is 1. The molecule has 0 saturated heterocycles. The Bertz CT molecular complexity index is 839. The van der Waals surface area contributed by atoms with Gasteiger partial charge in [-0.1, -0.05) is 37.6 Å². The van der Waals surface area contributed by atoms with Crippen LogP contribution in [-0.4, -0.2) is 39.6 Å². The highest BCUT2D eigenvalue weighted by Gasteiger charge is 2.23. The number of methoxy groups -OCH3 is 1. The van der Waals surface area contributed by atoms with Gasteiger partial charge in [-0.25, -0.2) is 0 Å². The van der Waals surface area contributed by atoms with Gasteiger partial charge in [0.15, 0.2) is 22.5 Å².